The summed E-state index contributed by atoms with van der Waals surface area (Å²) in [5.41, 5.74) is 2.60. The zero-order valence-corrected chi connectivity index (χ0v) is 11.5. The largest absolute Gasteiger partial charge is 0.393 e. The molecule has 4 rings (SSSR count). The molecule has 1 fully saturated rings. The van der Waals surface area contributed by atoms with Crippen LogP contribution in [-0.2, 0) is 0 Å². The molecule has 1 aliphatic rings. The van der Waals surface area contributed by atoms with E-state index in [1.54, 1.807) is 0 Å². The first-order valence-electron chi connectivity index (χ1n) is 7.50. The van der Waals surface area contributed by atoms with Crippen LogP contribution in [0, 0.1) is 0 Å². The van der Waals surface area contributed by atoms with Crippen LogP contribution in [-0.4, -0.2) is 15.8 Å². The summed E-state index contributed by atoms with van der Waals surface area (Å²) in [6, 6.07) is 17.7. The van der Waals surface area contributed by atoms with Gasteiger partial charge in [-0.15, -0.1) is 0 Å². The number of fused-ring (bicyclic) bond motifs is 3. The molecule has 0 amide bonds. The van der Waals surface area contributed by atoms with Crippen molar-refractivity contribution in [1.29, 1.82) is 0 Å². The number of benzene rings is 2. The number of rotatable bonds is 1. The summed E-state index contributed by atoms with van der Waals surface area (Å²) in [5.74, 6) is 0. The van der Waals surface area contributed by atoms with Crippen LogP contribution in [0.25, 0.3) is 21.8 Å². The van der Waals surface area contributed by atoms with Crippen LogP contribution in [0.5, 0.6) is 0 Å². The summed E-state index contributed by atoms with van der Waals surface area (Å²) in [4.78, 5) is 0. The smallest absolute Gasteiger partial charge is 0.0560 e. The van der Waals surface area contributed by atoms with Crippen LogP contribution >= 0.6 is 0 Å². The van der Waals surface area contributed by atoms with Crippen molar-refractivity contribution in [1.82, 2.24) is 4.57 Å². The highest BCUT2D eigenvalue weighted by Crippen LogP contribution is 2.37. The molecule has 102 valence electrons. The summed E-state index contributed by atoms with van der Waals surface area (Å²) in [5, 5.41) is 12.7. The molecule has 0 radical (unpaired) electrons. The Morgan fingerprint density at radius 2 is 1.45 bits per heavy atom. The van der Waals surface area contributed by atoms with Crippen LogP contribution in [0.1, 0.15) is 31.7 Å². The van der Waals surface area contributed by atoms with Gasteiger partial charge in [0.05, 0.1) is 6.10 Å². The summed E-state index contributed by atoms with van der Waals surface area (Å²) >= 11 is 0. The molecule has 2 aromatic carbocycles. The minimum absolute atomic E-state index is 0.145. The fraction of sp³-hybridized carbons (Fsp3) is 0.333. The maximum atomic E-state index is 10.0. The van der Waals surface area contributed by atoms with Crippen molar-refractivity contribution in [2.24, 2.45) is 0 Å². The summed E-state index contributed by atoms with van der Waals surface area (Å²) in [6.45, 7) is 0. The zero-order chi connectivity index (χ0) is 13.5. The molecule has 0 unspecified atom stereocenters. The van der Waals surface area contributed by atoms with Crippen LogP contribution in [0.15, 0.2) is 48.5 Å². The quantitative estimate of drug-likeness (QED) is 0.698. The van der Waals surface area contributed by atoms with Crippen molar-refractivity contribution in [3.05, 3.63) is 48.5 Å². The lowest BCUT2D eigenvalue weighted by atomic mass is 9.92. The van der Waals surface area contributed by atoms with E-state index in [2.05, 4.69) is 53.1 Å². The fourth-order valence-electron chi connectivity index (χ4n) is 3.72. The van der Waals surface area contributed by atoms with Gasteiger partial charge in [0.2, 0.25) is 0 Å². The van der Waals surface area contributed by atoms with Crippen LogP contribution < -0.4 is 0 Å². The highest BCUT2D eigenvalue weighted by molar-refractivity contribution is 6.08. The van der Waals surface area contributed by atoms with Gasteiger partial charge in [0.1, 0.15) is 0 Å². The molecular weight excluding hydrogens is 246 g/mol. The monoisotopic (exact) mass is 265 g/mol. The topological polar surface area (TPSA) is 25.2 Å². The third-order valence-corrected chi connectivity index (χ3v) is 4.60. The van der Waals surface area contributed by atoms with E-state index >= 15 is 0 Å². The molecule has 1 aromatic heterocycles. The zero-order valence-electron chi connectivity index (χ0n) is 11.5. The van der Waals surface area contributed by atoms with Crippen molar-refractivity contribution >= 4 is 21.8 Å². The van der Waals surface area contributed by atoms with E-state index in [9.17, 15) is 5.11 Å². The van der Waals surface area contributed by atoms with Gasteiger partial charge in [-0.1, -0.05) is 36.4 Å². The van der Waals surface area contributed by atoms with Gasteiger partial charge in [0, 0.05) is 27.8 Å². The van der Waals surface area contributed by atoms with Gasteiger partial charge in [0.25, 0.3) is 0 Å². The first kappa shape index (κ1) is 12.0. The number of para-hydroxylation sites is 2. The Hall–Kier alpha value is -1.80. The molecule has 2 atom stereocenters. The first-order chi connectivity index (χ1) is 9.84. The molecule has 2 heteroatoms. The summed E-state index contributed by atoms with van der Waals surface area (Å²) in [7, 11) is 0. The Bertz CT molecular complexity index is 705. The second kappa shape index (κ2) is 4.64. The van der Waals surface area contributed by atoms with Crippen LogP contribution in [0.2, 0.25) is 0 Å². The predicted octanol–water partition coefficient (Wildman–Crippen LogP) is 4.27. The standard InChI is InChI=1S/C18H19NO/c20-14-7-5-6-13(12-14)19-17-10-3-1-8-15(17)16-9-2-4-11-18(16)19/h1-4,8-11,13-14,20H,5-7,12H2/t13-,14-/m1/s1. The minimum Gasteiger partial charge on any atom is -0.393 e. The molecule has 1 aliphatic carbocycles. The Labute approximate surface area is 118 Å². The highest BCUT2D eigenvalue weighted by Gasteiger charge is 2.24. The second-order valence-corrected chi connectivity index (χ2v) is 5.88. The molecule has 2 nitrogen and oxygen atoms in total. The maximum Gasteiger partial charge on any atom is 0.0560 e. The third-order valence-electron chi connectivity index (χ3n) is 4.60. The summed E-state index contributed by atoms with van der Waals surface area (Å²) in [6.07, 6.45) is 3.97. The van der Waals surface area contributed by atoms with Crippen LogP contribution in [0.3, 0.4) is 0 Å². The van der Waals surface area contributed by atoms with Crippen molar-refractivity contribution in [2.75, 3.05) is 0 Å². The predicted molar refractivity (Wildman–Crippen MR) is 83.0 cm³/mol. The third kappa shape index (κ3) is 1.75. The lowest BCUT2D eigenvalue weighted by Gasteiger charge is -2.28. The van der Waals surface area contributed by atoms with E-state index in [0.29, 0.717) is 6.04 Å². The Morgan fingerprint density at radius 1 is 0.850 bits per heavy atom. The average Bonchev–Trinajstić information content (AvgIpc) is 2.82. The molecule has 0 saturated heterocycles. The van der Waals surface area contributed by atoms with E-state index in [-0.39, 0.29) is 6.10 Å². The van der Waals surface area contributed by atoms with Crippen LogP contribution in [0.4, 0.5) is 0 Å². The molecule has 3 aromatic rings. The van der Waals surface area contributed by atoms with Crippen molar-refractivity contribution in [2.45, 2.75) is 37.8 Å². The van der Waals surface area contributed by atoms with E-state index in [1.807, 2.05) is 0 Å². The van der Waals surface area contributed by atoms with Crippen molar-refractivity contribution in [3.8, 4) is 0 Å². The molecule has 1 saturated carbocycles. The Balaban J connectivity index is 2.00. The number of hydrogen-bond acceptors (Lipinski definition) is 1. The lowest BCUT2D eigenvalue weighted by molar-refractivity contribution is 0.106. The Morgan fingerprint density at radius 3 is 2.05 bits per heavy atom. The number of aromatic nitrogens is 1. The maximum absolute atomic E-state index is 10.0. The molecule has 0 bridgehead atoms. The van der Waals surface area contributed by atoms with Gasteiger partial charge >= 0.3 is 0 Å². The molecule has 20 heavy (non-hydrogen) atoms. The van der Waals surface area contributed by atoms with Crippen molar-refractivity contribution in [3.63, 3.8) is 0 Å². The molecule has 0 aliphatic heterocycles. The van der Waals surface area contributed by atoms with Gasteiger partial charge in [-0.05, 0) is 37.8 Å². The number of hydrogen-bond donors (Lipinski definition) is 1. The van der Waals surface area contributed by atoms with Gasteiger partial charge in [-0.3, -0.25) is 0 Å². The summed E-state index contributed by atoms with van der Waals surface area (Å²) < 4.78 is 2.45. The fourth-order valence-corrected chi connectivity index (χ4v) is 3.72. The number of aliphatic hydroxyl groups excluding tert-OH is 1. The minimum atomic E-state index is -0.145. The molecule has 1 N–H and O–H groups in total. The molecular formula is C18H19NO. The highest BCUT2D eigenvalue weighted by atomic mass is 16.3. The van der Waals surface area contributed by atoms with Crippen molar-refractivity contribution < 1.29 is 5.11 Å². The first-order valence-corrected chi connectivity index (χ1v) is 7.50. The number of nitrogens with zero attached hydrogens (tertiary/aromatic N) is 1. The van der Waals surface area contributed by atoms with Gasteiger partial charge < -0.3 is 9.67 Å². The normalized spacial score (nSPS) is 23.4. The van der Waals surface area contributed by atoms with E-state index in [0.717, 1.165) is 19.3 Å². The molecule has 0 spiro atoms. The van der Waals surface area contributed by atoms with E-state index in [4.69, 9.17) is 0 Å². The van der Waals surface area contributed by atoms with E-state index in [1.165, 1.54) is 28.2 Å². The lowest BCUT2D eigenvalue weighted by Crippen LogP contribution is -2.22. The SMILES string of the molecule is O[C@@H]1CCC[C@@H](n2c3ccccc3c3ccccc32)C1. The average molecular weight is 265 g/mol. The number of aliphatic hydroxyl groups is 1. The van der Waals surface area contributed by atoms with Gasteiger partial charge in [-0.25, -0.2) is 0 Å². The van der Waals surface area contributed by atoms with E-state index < -0.39 is 0 Å². The second-order valence-electron chi connectivity index (χ2n) is 5.88. The molecule has 1 heterocycles. The van der Waals surface area contributed by atoms with Gasteiger partial charge in [-0.2, -0.15) is 0 Å². The van der Waals surface area contributed by atoms with Gasteiger partial charge in [0.15, 0.2) is 0 Å². The Kier molecular flexibility index (Phi) is 2.78.